The number of aromatic amines is 1. The molecule has 0 aliphatic carbocycles. The molecule has 13 nitrogen and oxygen atoms in total. The van der Waals surface area contributed by atoms with Crippen molar-refractivity contribution in [3.63, 3.8) is 0 Å². The zero-order valence-electron chi connectivity index (χ0n) is 23.3. The Balaban J connectivity index is 1.40. The van der Waals surface area contributed by atoms with Crippen molar-refractivity contribution in [2.45, 2.75) is 31.7 Å². The highest BCUT2D eigenvalue weighted by atomic mass is 35.5. The molecule has 0 saturated carbocycles. The highest BCUT2D eigenvalue weighted by Gasteiger charge is 2.22. The fourth-order valence-corrected chi connectivity index (χ4v) is 4.85. The van der Waals surface area contributed by atoms with Crippen LogP contribution < -0.4 is 16.0 Å². The van der Waals surface area contributed by atoms with Crippen LogP contribution >= 0.6 is 11.6 Å². The SMILES string of the molecule is COC(=O)Cc1ccc2c(c1)NCCCCNC(=O)C[C@H](NC(=O)/C=C/c1cc(Cl)ccc1-n1cnnn1)c1ncc-2[nH]1. The normalized spacial score (nSPS) is 15.6. The van der Waals surface area contributed by atoms with Gasteiger partial charge in [0.25, 0.3) is 0 Å². The number of fused-ring (bicyclic) bond motifs is 4. The minimum Gasteiger partial charge on any atom is -0.469 e. The average Bonchev–Trinajstić information content (AvgIpc) is 3.70. The number of H-pyrrole nitrogens is 1. The molecule has 2 aromatic heterocycles. The van der Waals surface area contributed by atoms with Gasteiger partial charge in [-0.15, -0.1) is 5.10 Å². The first-order valence-corrected chi connectivity index (χ1v) is 14.0. The second-order valence-electron chi connectivity index (χ2n) is 9.85. The third-order valence-corrected chi connectivity index (χ3v) is 7.06. The van der Waals surface area contributed by atoms with Gasteiger partial charge in [-0.1, -0.05) is 23.7 Å². The lowest BCUT2D eigenvalue weighted by Gasteiger charge is -2.17. The number of methoxy groups -OCH3 is 1. The van der Waals surface area contributed by atoms with Crippen molar-refractivity contribution in [3.05, 3.63) is 77.0 Å². The Kier molecular flexibility index (Phi) is 9.42. The quantitative estimate of drug-likeness (QED) is 0.191. The number of benzene rings is 2. The van der Waals surface area contributed by atoms with E-state index in [0.29, 0.717) is 40.9 Å². The van der Waals surface area contributed by atoms with Gasteiger partial charge >= 0.3 is 5.97 Å². The fourth-order valence-electron chi connectivity index (χ4n) is 4.67. The number of nitrogens with one attached hydrogen (secondary N) is 4. The first kappa shape index (κ1) is 29.5. The lowest BCUT2D eigenvalue weighted by atomic mass is 10.0. The summed E-state index contributed by atoms with van der Waals surface area (Å²) in [6.45, 7) is 1.17. The molecule has 1 atom stereocenters. The summed E-state index contributed by atoms with van der Waals surface area (Å²) < 4.78 is 6.28. The monoisotopic (exact) mass is 603 g/mol. The number of halogens is 1. The van der Waals surface area contributed by atoms with Crippen molar-refractivity contribution in [2.24, 2.45) is 0 Å². The van der Waals surface area contributed by atoms with Gasteiger partial charge in [0.15, 0.2) is 0 Å². The second kappa shape index (κ2) is 13.7. The van der Waals surface area contributed by atoms with Crippen LogP contribution in [0.15, 0.2) is 55.0 Å². The van der Waals surface area contributed by atoms with Gasteiger partial charge in [0.2, 0.25) is 11.8 Å². The largest absolute Gasteiger partial charge is 0.469 e. The molecule has 4 aromatic rings. The van der Waals surface area contributed by atoms with Crippen LogP contribution in [0, 0.1) is 0 Å². The molecule has 5 rings (SSSR count). The zero-order valence-corrected chi connectivity index (χ0v) is 24.1. The Morgan fingerprint density at radius 1 is 1.16 bits per heavy atom. The number of tetrazole rings is 1. The number of hydrogen-bond acceptors (Lipinski definition) is 9. The van der Waals surface area contributed by atoms with Crippen molar-refractivity contribution < 1.29 is 19.1 Å². The smallest absolute Gasteiger partial charge is 0.309 e. The summed E-state index contributed by atoms with van der Waals surface area (Å²) in [6, 6.07) is 10.1. The molecular formula is C29H30ClN9O4. The van der Waals surface area contributed by atoms with Gasteiger partial charge in [-0.2, -0.15) is 4.68 Å². The van der Waals surface area contributed by atoms with Crippen molar-refractivity contribution >= 4 is 41.1 Å². The summed E-state index contributed by atoms with van der Waals surface area (Å²) in [6.07, 6.45) is 7.78. The Morgan fingerprint density at radius 2 is 2.00 bits per heavy atom. The molecule has 2 aromatic carbocycles. The molecule has 2 amide bonds. The van der Waals surface area contributed by atoms with E-state index in [0.717, 1.165) is 29.7 Å². The number of amides is 2. The topological polar surface area (TPSA) is 169 Å². The highest BCUT2D eigenvalue weighted by Crippen LogP contribution is 2.30. The third-order valence-electron chi connectivity index (χ3n) is 6.82. The number of ether oxygens (including phenoxy) is 1. The molecule has 14 heteroatoms. The number of anilines is 1. The van der Waals surface area contributed by atoms with Crippen molar-refractivity contribution in [2.75, 3.05) is 25.5 Å². The standard InChI is InChI=1S/C29H30ClN9O4/c1-43-28(42)13-18-4-7-21-22(12-18)31-10-2-3-11-32-27(41)15-23(29-33-16-24(21)36-29)35-26(40)9-5-19-14-20(30)6-8-25(19)39-17-34-37-38-39/h4-9,12,14,16-17,23,31H,2-3,10-11,13,15H2,1H3,(H,32,41)(H,33,36)(H,35,40)/b9-5+/t23-/m0/s1. The minimum absolute atomic E-state index is 0.0112. The van der Waals surface area contributed by atoms with Crippen LogP contribution in [0.5, 0.6) is 0 Å². The Morgan fingerprint density at radius 3 is 2.79 bits per heavy atom. The van der Waals surface area contributed by atoms with Crippen LogP contribution in [0.3, 0.4) is 0 Å². The summed E-state index contributed by atoms with van der Waals surface area (Å²) in [5.74, 6) is -0.546. The van der Waals surface area contributed by atoms with Crippen molar-refractivity contribution in [1.82, 2.24) is 40.8 Å². The van der Waals surface area contributed by atoms with Gasteiger partial charge in [-0.25, -0.2) is 4.98 Å². The van der Waals surface area contributed by atoms with E-state index in [1.807, 2.05) is 18.2 Å². The molecule has 0 unspecified atom stereocenters. The Hall–Kier alpha value is -5.04. The summed E-state index contributed by atoms with van der Waals surface area (Å²) in [5, 5.41) is 21.0. The predicted molar refractivity (Wildman–Crippen MR) is 159 cm³/mol. The maximum Gasteiger partial charge on any atom is 0.309 e. The van der Waals surface area contributed by atoms with E-state index < -0.39 is 11.9 Å². The van der Waals surface area contributed by atoms with E-state index >= 15 is 0 Å². The lowest BCUT2D eigenvalue weighted by Crippen LogP contribution is -2.34. The molecule has 0 fully saturated rings. The number of hydrogen-bond donors (Lipinski definition) is 4. The molecule has 0 saturated heterocycles. The summed E-state index contributed by atoms with van der Waals surface area (Å²) >= 11 is 6.20. The number of carbonyl (C=O) groups excluding carboxylic acids is 3. The van der Waals surface area contributed by atoms with Gasteiger partial charge < -0.3 is 25.7 Å². The number of aromatic nitrogens is 6. The second-order valence-corrected chi connectivity index (χ2v) is 10.3. The molecule has 4 N–H and O–H groups in total. The maximum atomic E-state index is 13.1. The summed E-state index contributed by atoms with van der Waals surface area (Å²) in [5.41, 5.74) is 4.43. The number of rotatable bonds is 6. The van der Waals surface area contributed by atoms with E-state index in [4.69, 9.17) is 16.3 Å². The van der Waals surface area contributed by atoms with Crippen LogP contribution in [-0.2, 0) is 25.5 Å². The molecule has 222 valence electrons. The van der Waals surface area contributed by atoms with Crippen LogP contribution in [0.25, 0.3) is 23.0 Å². The van der Waals surface area contributed by atoms with E-state index in [2.05, 4.69) is 41.4 Å². The van der Waals surface area contributed by atoms with Crippen molar-refractivity contribution in [3.8, 4) is 16.9 Å². The predicted octanol–water partition coefficient (Wildman–Crippen LogP) is 3.00. The first-order valence-electron chi connectivity index (χ1n) is 13.7. The van der Waals surface area contributed by atoms with Gasteiger partial charge in [0, 0.05) is 41.0 Å². The first-order chi connectivity index (χ1) is 20.9. The van der Waals surface area contributed by atoms with Crippen LogP contribution in [0.4, 0.5) is 5.69 Å². The van der Waals surface area contributed by atoms with Gasteiger partial charge in [0.05, 0.1) is 43.6 Å². The molecule has 1 aliphatic heterocycles. The van der Waals surface area contributed by atoms with Gasteiger partial charge in [-0.3, -0.25) is 14.4 Å². The molecule has 2 bridgehead atoms. The van der Waals surface area contributed by atoms with E-state index in [-0.39, 0.29) is 24.7 Å². The lowest BCUT2D eigenvalue weighted by molar-refractivity contribution is -0.139. The highest BCUT2D eigenvalue weighted by molar-refractivity contribution is 6.30. The Labute approximate surface area is 252 Å². The van der Waals surface area contributed by atoms with Crippen LogP contribution in [0.1, 0.15) is 42.3 Å². The Bertz CT molecular complexity index is 1630. The number of esters is 1. The van der Waals surface area contributed by atoms with E-state index in [1.165, 1.54) is 24.2 Å². The van der Waals surface area contributed by atoms with Crippen LogP contribution in [-0.4, -0.2) is 68.2 Å². The fraction of sp³-hybridized carbons (Fsp3) is 0.276. The molecule has 0 radical (unpaired) electrons. The average molecular weight is 604 g/mol. The minimum atomic E-state index is -0.734. The molecule has 0 spiro atoms. The van der Waals surface area contributed by atoms with E-state index in [1.54, 1.807) is 30.5 Å². The molecule has 43 heavy (non-hydrogen) atoms. The molecule has 1 aliphatic rings. The molecular weight excluding hydrogens is 574 g/mol. The number of carbonyl (C=O) groups is 3. The summed E-state index contributed by atoms with van der Waals surface area (Å²) in [7, 11) is 1.36. The van der Waals surface area contributed by atoms with Crippen molar-refractivity contribution in [1.29, 1.82) is 0 Å². The molecule has 3 heterocycles. The van der Waals surface area contributed by atoms with Crippen LogP contribution in [0.2, 0.25) is 5.02 Å². The zero-order chi connectivity index (χ0) is 30.2. The van der Waals surface area contributed by atoms with Gasteiger partial charge in [-0.05, 0) is 59.2 Å². The van der Waals surface area contributed by atoms with E-state index in [9.17, 15) is 14.4 Å². The third kappa shape index (κ3) is 7.63. The summed E-state index contributed by atoms with van der Waals surface area (Å²) in [4.78, 5) is 45.5. The number of nitrogens with zero attached hydrogens (tertiary/aromatic N) is 5. The number of imidazole rings is 1. The maximum absolute atomic E-state index is 13.1. The van der Waals surface area contributed by atoms with Gasteiger partial charge in [0.1, 0.15) is 12.2 Å².